The van der Waals surface area contributed by atoms with Gasteiger partial charge in [-0.1, -0.05) is 45.0 Å². The Kier molecular flexibility index (Phi) is 9.72. The number of fused-ring (bicyclic) bond motifs is 1. The highest BCUT2D eigenvalue weighted by Crippen LogP contribution is 2.17. The fourth-order valence-electron chi connectivity index (χ4n) is 3.34. The SMILES string of the molecule is CC.CCCN1CCn2ncc(=O)c(O)c2C1=O.Fc1cccc(Cc2cccc(F)c2)c1. The molecule has 1 N–H and O–H groups in total. The molecule has 4 rings (SSSR count). The van der Waals surface area contributed by atoms with Gasteiger partial charge >= 0.3 is 0 Å². The normalized spacial score (nSPS) is 12.2. The maximum Gasteiger partial charge on any atom is 0.276 e. The first-order chi connectivity index (χ1) is 15.9. The number of halogens is 2. The van der Waals surface area contributed by atoms with Gasteiger partial charge in [0.25, 0.3) is 5.91 Å². The zero-order chi connectivity index (χ0) is 24.4. The Bertz CT molecular complexity index is 1090. The number of amides is 1. The van der Waals surface area contributed by atoms with E-state index in [0.29, 0.717) is 26.1 Å². The fraction of sp³-hybridized carbons (Fsp3) is 0.320. The van der Waals surface area contributed by atoms with Crippen LogP contribution in [-0.4, -0.2) is 38.8 Å². The maximum atomic E-state index is 12.9. The van der Waals surface area contributed by atoms with E-state index in [1.807, 2.05) is 32.9 Å². The average molecular weight is 458 g/mol. The van der Waals surface area contributed by atoms with Crippen molar-refractivity contribution < 1.29 is 18.7 Å². The van der Waals surface area contributed by atoms with Gasteiger partial charge in [-0.05, 0) is 48.2 Å². The number of carbonyl (C=O) groups is 1. The lowest BCUT2D eigenvalue weighted by Crippen LogP contribution is -2.42. The molecule has 1 aromatic heterocycles. The van der Waals surface area contributed by atoms with E-state index < -0.39 is 11.2 Å². The minimum absolute atomic E-state index is 0.00667. The predicted octanol–water partition coefficient (Wildman–Crippen LogP) is 4.40. The van der Waals surface area contributed by atoms with Crippen LogP contribution in [0.25, 0.3) is 0 Å². The molecule has 0 aliphatic carbocycles. The topological polar surface area (TPSA) is 75.4 Å². The lowest BCUT2D eigenvalue weighted by molar-refractivity contribution is 0.0687. The van der Waals surface area contributed by atoms with E-state index in [1.165, 1.54) is 28.9 Å². The largest absolute Gasteiger partial charge is 0.502 e. The van der Waals surface area contributed by atoms with Crippen LogP contribution in [0.5, 0.6) is 5.75 Å². The Morgan fingerprint density at radius 2 is 1.55 bits per heavy atom. The Morgan fingerprint density at radius 1 is 0.970 bits per heavy atom. The lowest BCUT2D eigenvalue weighted by Gasteiger charge is -2.28. The standard InChI is InChI=1S/C13H10F2.C10H13N3O3.C2H6/c14-12-5-1-3-10(8-12)7-11-4-2-6-13(15)9-11;1-2-3-12-4-5-13-8(10(12)16)9(15)7(14)6-11-13;1-2/h1-6,8-9H,7H2;6,15H,2-5H2,1H3;1-2H3. The highest BCUT2D eigenvalue weighted by Gasteiger charge is 2.28. The molecular weight excluding hydrogens is 428 g/mol. The maximum absolute atomic E-state index is 12.9. The summed E-state index contributed by atoms with van der Waals surface area (Å²) in [6.07, 6.45) is 2.42. The summed E-state index contributed by atoms with van der Waals surface area (Å²) in [5, 5.41) is 13.4. The van der Waals surface area contributed by atoms with Crippen molar-refractivity contribution in [1.29, 1.82) is 0 Å². The summed E-state index contributed by atoms with van der Waals surface area (Å²) in [6, 6.07) is 12.7. The number of rotatable bonds is 4. The van der Waals surface area contributed by atoms with Gasteiger partial charge < -0.3 is 10.0 Å². The molecule has 1 aliphatic heterocycles. The summed E-state index contributed by atoms with van der Waals surface area (Å²) in [6.45, 7) is 7.67. The summed E-state index contributed by atoms with van der Waals surface area (Å²) in [4.78, 5) is 24.8. The number of aromatic hydroxyl groups is 1. The van der Waals surface area contributed by atoms with E-state index in [1.54, 1.807) is 17.0 Å². The third-order valence-corrected chi connectivity index (χ3v) is 4.78. The highest BCUT2D eigenvalue weighted by molar-refractivity contribution is 5.95. The third-order valence-electron chi connectivity index (χ3n) is 4.78. The number of benzene rings is 2. The molecule has 0 spiro atoms. The molecule has 0 saturated heterocycles. The quantitative estimate of drug-likeness (QED) is 0.630. The molecular formula is C25H29F2N3O3. The van der Waals surface area contributed by atoms with Crippen molar-refractivity contribution in [2.75, 3.05) is 13.1 Å². The molecule has 1 aliphatic rings. The molecule has 2 heterocycles. The summed E-state index contributed by atoms with van der Waals surface area (Å²) in [5.74, 6) is -1.34. The molecule has 8 heteroatoms. The predicted molar refractivity (Wildman–Crippen MR) is 123 cm³/mol. The molecule has 176 valence electrons. The van der Waals surface area contributed by atoms with Gasteiger partial charge in [0.2, 0.25) is 5.43 Å². The molecule has 0 unspecified atom stereocenters. The van der Waals surface area contributed by atoms with Crippen molar-refractivity contribution in [3.05, 3.63) is 93.4 Å². The highest BCUT2D eigenvalue weighted by atomic mass is 19.1. The second kappa shape index (κ2) is 12.5. The zero-order valence-electron chi connectivity index (χ0n) is 19.1. The molecule has 0 atom stereocenters. The fourth-order valence-corrected chi connectivity index (χ4v) is 3.34. The van der Waals surface area contributed by atoms with E-state index >= 15 is 0 Å². The first kappa shape index (κ1) is 25.7. The van der Waals surface area contributed by atoms with Crippen LogP contribution in [-0.2, 0) is 13.0 Å². The van der Waals surface area contributed by atoms with Crippen molar-refractivity contribution in [3.63, 3.8) is 0 Å². The minimum atomic E-state index is -0.613. The first-order valence-corrected chi connectivity index (χ1v) is 11.0. The van der Waals surface area contributed by atoms with Crippen LogP contribution < -0.4 is 5.43 Å². The van der Waals surface area contributed by atoms with Crippen LogP contribution >= 0.6 is 0 Å². The molecule has 0 saturated carbocycles. The van der Waals surface area contributed by atoms with E-state index in [9.17, 15) is 23.5 Å². The van der Waals surface area contributed by atoms with Crippen molar-refractivity contribution in [3.8, 4) is 5.75 Å². The van der Waals surface area contributed by atoms with Crippen LogP contribution in [0.2, 0.25) is 0 Å². The molecule has 0 radical (unpaired) electrons. The number of hydrogen-bond donors (Lipinski definition) is 1. The van der Waals surface area contributed by atoms with Crippen molar-refractivity contribution in [2.45, 2.75) is 40.2 Å². The smallest absolute Gasteiger partial charge is 0.276 e. The third kappa shape index (κ3) is 6.97. The first-order valence-electron chi connectivity index (χ1n) is 11.0. The Balaban J connectivity index is 0.000000218. The Morgan fingerprint density at radius 3 is 2.06 bits per heavy atom. The number of nitrogens with zero attached hydrogens (tertiary/aromatic N) is 3. The zero-order valence-corrected chi connectivity index (χ0v) is 19.1. The van der Waals surface area contributed by atoms with Gasteiger partial charge in [-0.2, -0.15) is 5.10 Å². The molecule has 0 bridgehead atoms. The van der Waals surface area contributed by atoms with Crippen LogP contribution in [0.15, 0.2) is 59.5 Å². The van der Waals surface area contributed by atoms with Crippen molar-refractivity contribution in [1.82, 2.24) is 14.7 Å². The van der Waals surface area contributed by atoms with Gasteiger partial charge in [-0.25, -0.2) is 8.78 Å². The van der Waals surface area contributed by atoms with Crippen LogP contribution in [0, 0.1) is 11.6 Å². The van der Waals surface area contributed by atoms with E-state index in [0.717, 1.165) is 23.7 Å². The van der Waals surface area contributed by atoms with E-state index in [4.69, 9.17) is 0 Å². The van der Waals surface area contributed by atoms with E-state index in [2.05, 4.69) is 5.10 Å². The van der Waals surface area contributed by atoms with Gasteiger partial charge in [0.1, 0.15) is 11.6 Å². The van der Waals surface area contributed by atoms with Gasteiger partial charge in [0.05, 0.1) is 12.7 Å². The van der Waals surface area contributed by atoms with Crippen molar-refractivity contribution in [2.24, 2.45) is 0 Å². The number of carbonyl (C=O) groups excluding carboxylic acids is 1. The molecule has 2 aromatic carbocycles. The lowest BCUT2D eigenvalue weighted by atomic mass is 10.1. The second-order valence-electron chi connectivity index (χ2n) is 7.16. The van der Waals surface area contributed by atoms with Gasteiger partial charge in [-0.3, -0.25) is 14.3 Å². The summed E-state index contributed by atoms with van der Waals surface area (Å²) < 4.78 is 27.1. The molecule has 0 fully saturated rings. The van der Waals surface area contributed by atoms with Crippen molar-refractivity contribution >= 4 is 5.91 Å². The van der Waals surface area contributed by atoms with Gasteiger partial charge in [-0.15, -0.1) is 0 Å². The molecule has 3 aromatic rings. The monoisotopic (exact) mass is 457 g/mol. The van der Waals surface area contributed by atoms with Crippen LogP contribution in [0.4, 0.5) is 8.78 Å². The number of hydrogen-bond acceptors (Lipinski definition) is 4. The Hall–Kier alpha value is -3.55. The Labute approximate surface area is 192 Å². The minimum Gasteiger partial charge on any atom is -0.502 e. The molecule has 6 nitrogen and oxygen atoms in total. The summed E-state index contributed by atoms with van der Waals surface area (Å²) >= 11 is 0. The van der Waals surface area contributed by atoms with Crippen LogP contribution in [0.3, 0.4) is 0 Å². The second-order valence-corrected chi connectivity index (χ2v) is 7.16. The number of aromatic nitrogens is 2. The molecule has 1 amide bonds. The molecule has 33 heavy (non-hydrogen) atoms. The van der Waals surface area contributed by atoms with Gasteiger partial charge in [0.15, 0.2) is 11.4 Å². The van der Waals surface area contributed by atoms with Crippen LogP contribution in [0.1, 0.15) is 48.8 Å². The summed E-state index contributed by atoms with van der Waals surface area (Å²) in [7, 11) is 0. The average Bonchev–Trinajstić information content (AvgIpc) is 2.80. The van der Waals surface area contributed by atoms with E-state index in [-0.39, 0.29) is 23.2 Å². The van der Waals surface area contributed by atoms with Gasteiger partial charge in [0, 0.05) is 13.1 Å². The summed E-state index contributed by atoms with van der Waals surface area (Å²) in [5.41, 5.74) is 1.09.